The summed E-state index contributed by atoms with van der Waals surface area (Å²) in [6.07, 6.45) is 6.02. The largest absolute Gasteiger partial charge is 0.392 e. The number of hydrogen-bond donors (Lipinski definition) is 1. The Labute approximate surface area is 116 Å². The Balaban J connectivity index is 1.98. The van der Waals surface area contributed by atoms with E-state index in [0.29, 0.717) is 6.04 Å². The molecule has 0 saturated heterocycles. The minimum Gasteiger partial charge on any atom is -0.392 e. The summed E-state index contributed by atoms with van der Waals surface area (Å²) in [5.74, 6) is 0.977. The second-order valence-electron chi connectivity index (χ2n) is 5.26. The number of rotatable bonds is 3. The van der Waals surface area contributed by atoms with E-state index in [4.69, 9.17) is 4.98 Å². The summed E-state index contributed by atoms with van der Waals surface area (Å²) in [5.41, 5.74) is 4.06. The number of aliphatic hydroxyl groups excluding tert-OH is 1. The molecule has 0 aliphatic heterocycles. The Hall–Kier alpha value is -2.20. The number of aromatic nitrogens is 3. The van der Waals surface area contributed by atoms with E-state index in [1.165, 1.54) is 12.8 Å². The summed E-state index contributed by atoms with van der Waals surface area (Å²) in [6, 6.07) is 10.5. The van der Waals surface area contributed by atoms with Crippen LogP contribution in [0.2, 0.25) is 0 Å². The summed E-state index contributed by atoms with van der Waals surface area (Å²) >= 11 is 0. The zero-order chi connectivity index (χ0) is 13.5. The van der Waals surface area contributed by atoms with Crippen LogP contribution in [0.3, 0.4) is 0 Å². The number of hydrogen-bond acceptors (Lipinski definition) is 3. The summed E-state index contributed by atoms with van der Waals surface area (Å²) in [7, 11) is 0. The molecule has 0 radical (unpaired) electrons. The van der Waals surface area contributed by atoms with E-state index in [1.807, 2.05) is 36.5 Å². The molecule has 0 spiro atoms. The maximum absolute atomic E-state index is 9.33. The van der Waals surface area contributed by atoms with Crippen molar-refractivity contribution in [2.24, 2.45) is 0 Å². The third kappa shape index (κ3) is 1.80. The van der Waals surface area contributed by atoms with Gasteiger partial charge in [0.15, 0.2) is 0 Å². The van der Waals surface area contributed by atoms with Crippen molar-refractivity contribution in [1.29, 1.82) is 0 Å². The molecule has 0 amide bonds. The normalized spacial score (nSPS) is 14.8. The molecule has 1 fully saturated rings. The maximum Gasteiger partial charge on any atom is 0.142 e. The summed E-state index contributed by atoms with van der Waals surface area (Å²) in [6.45, 7) is 0.0635. The van der Waals surface area contributed by atoms with E-state index < -0.39 is 0 Å². The molecule has 4 nitrogen and oxygen atoms in total. The zero-order valence-electron chi connectivity index (χ0n) is 11.0. The SMILES string of the molecule is OCc1ccc2nc(-c3cccnc3)n(C3CC3)c2c1. The van der Waals surface area contributed by atoms with Gasteiger partial charge in [0.1, 0.15) is 5.82 Å². The maximum atomic E-state index is 9.33. The van der Waals surface area contributed by atoms with Crippen LogP contribution in [-0.2, 0) is 6.61 Å². The predicted octanol–water partition coefficient (Wildman–Crippen LogP) is 2.93. The standard InChI is InChI=1S/C16H15N3O/c20-10-11-3-6-14-15(8-11)19(13-4-5-13)16(18-14)12-2-1-7-17-9-12/h1-3,6-9,13,20H,4-5,10H2. The first kappa shape index (κ1) is 11.6. The molecule has 1 aliphatic carbocycles. The van der Waals surface area contributed by atoms with Gasteiger partial charge in [-0.15, -0.1) is 0 Å². The number of aliphatic hydroxyl groups is 1. The topological polar surface area (TPSA) is 50.9 Å². The van der Waals surface area contributed by atoms with Gasteiger partial charge in [0, 0.05) is 24.0 Å². The highest BCUT2D eigenvalue weighted by Gasteiger charge is 2.28. The van der Waals surface area contributed by atoms with Crippen LogP contribution in [0, 0.1) is 0 Å². The lowest BCUT2D eigenvalue weighted by atomic mass is 10.2. The van der Waals surface area contributed by atoms with Gasteiger partial charge in [-0.3, -0.25) is 4.98 Å². The Morgan fingerprint density at radius 2 is 2.15 bits per heavy atom. The van der Waals surface area contributed by atoms with E-state index in [2.05, 4.69) is 9.55 Å². The van der Waals surface area contributed by atoms with Gasteiger partial charge >= 0.3 is 0 Å². The molecule has 0 atom stereocenters. The molecular formula is C16H15N3O. The number of nitrogens with zero attached hydrogens (tertiary/aromatic N) is 3. The molecule has 3 aromatic rings. The van der Waals surface area contributed by atoms with Gasteiger partial charge in [0.25, 0.3) is 0 Å². The quantitative estimate of drug-likeness (QED) is 0.792. The smallest absolute Gasteiger partial charge is 0.142 e. The van der Waals surface area contributed by atoms with Crippen molar-refractivity contribution < 1.29 is 5.11 Å². The lowest BCUT2D eigenvalue weighted by Crippen LogP contribution is -1.98. The molecule has 0 unspecified atom stereocenters. The van der Waals surface area contributed by atoms with Crippen molar-refractivity contribution in [1.82, 2.24) is 14.5 Å². The first-order chi connectivity index (χ1) is 9.86. The Bertz CT molecular complexity index is 760. The fraction of sp³-hybridized carbons (Fsp3) is 0.250. The van der Waals surface area contributed by atoms with Crippen molar-refractivity contribution in [3.05, 3.63) is 48.3 Å². The molecule has 100 valence electrons. The van der Waals surface area contributed by atoms with Crippen LogP contribution < -0.4 is 0 Å². The average Bonchev–Trinajstić information content (AvgIpc) is 3.27. The molecule has 2 aromatic heterocycles. The minimum atomic E-state index is 0.0635. The lowest BCUT2D eigenvalue weighted by Gasteiger charge is -2.07. The van der Waals surface area contributed by atoms with Crippen molar-refractivity contribution >= 4 is 11.0 Å². The number of benzene rings is 1. The number of imidazole rings is 1. The zero-order valence-corrected chi connectivity index (χ0v) is 11.0. The Morgan fingerprint density at radius 1 is 1.25 bits per heavy atom. The predicted molar refractivity (Wildman–Crippen MR) is 77.2 cm³/mol. The van der Waals surface area contributed by atoms with Gasteiger partial charge < -0.3 is 9.67 Å². The van der Waals surface area contributed by atoms with E-state index in [1.54, 1.807) is 6.20 Å². The molecule has 1 aromatic carbocycles. The van der Waals surface area contributed by atoms with E-state index in [0.717, 1.165) is 28.0 Å². The van der Waals surface area contributed by atoms with Crippen molar-refractivity contribution in [3.8, 4) is 11.4 Å². The third-order valence-corrected chi connectivity index (χ3v) is 3.77. The number of pyridine rings is 1. The van der Waals surface area contributed by atoms with Crippen LogP contribution in [0.1, 0.15) is 24.4 Å². The molecule has 0 bridgehead atoms. The van der Waals surface area contributed by atoms with Gasteiger partial charge in [-0.05, 0) is 42.7 Å². The minimum absolute atomic E-state index is 0.0635. The number of fused-ring (bicyclic) bond motifs is 1. The van der Waals surface area contributed by atoms with Crippen LogP contribution in [-0.4, -0.2) is 19.6 Å². The van der Waals surface area contributed by atoms with E-state index in [-0.39, 0.29) is 6.61 Å². The van der Waals surface area contributed by atoms with E-state index in [9.17, 15) is 5.11 Å². The summed E-state index contributed by atoms with van der Waals surface area (Å²) < 4.78 is 2.30. The second kappa shape index (κ2) is 4.42. The fourth-order valence-electron chi connectivity index (χ4n) is 2.64. The van der Waals surface area contributed by atoms with Gasteiger partial charge in [-0.25, -0.2) is 4.98 Å². The molecule has 4 heteroatoms. The fourth-order valence-corrected chi connectivity index (χ4v) is 2.64. The Kier molecular flexibility index (Phi) is 2.57. The monoisotopic (exact) mass is 265 g/mol. The summed E-state index contributed by atoms with van der Waals surface area (Å²) in [4.78, 5) is 8.95. The highest BCUT2D eigenvalue weighted by atomic mass is 16.3. The Morgan fingerprint density at radius 3 is 2.85 bits per heavy atom. The average molecular weight is 265 g/mol. The highest BCUT2D eigenvalue weighted by molar-refractivity contribution is 5.81. The van der Waals surface area contributed by atoms with Crippen molar-refractivity contribution in [2.75, 3.05) is 0 Å². The van der Waals surface area contributed by atoms with Gasteiger partial charge in [0.05, 0.1) is 17.6 Å². The van der Waals surface area contributed by atoms with E-state index >= 15 is 0 Å². The molecular weight excluding hydrogens is 250 g/mol. The molecule has 4 rings (SSSR count). The first-order valence-corrected chi connectivity index (χ1v) is 6.89. The van der Waals surface area contributed by atoms with Gasteiger partial charge in [-0.2, -0.15) is 0 Å². The molecule has 1 saturated carbocycles. The van der Waals surface area contributed by atoms with Crippen LogP contribution in [0.4, 0.5) is 0 Å². The lowest BCUT2D eigenvalue weighted by molar-refractivity contribution is 0.282. The molecule has 1 N–H and O–H groups in total. The van der Waals surface area contributed by atoms with Gasteiger partial charge in [0.2, 0.25) is 0 Å². The molecule has 20 heavy (non-hydrogen) atoms. The van der Waals surface area contributed by atoms with Crippen LogP contribution in [0.15, 0.2) is 42.7 Å². The highest BCUT2D eigenvalue weighted by Crippen LogP contribution is 2.41. The first-order valence-electron chi connectivity index (χ1n) is 6.89. The van der Waals surface area contributed by atoms with Crippen LogP contribution >= 0.6 is 0 Å². The van der Waals surface area contributed by atoms with Gasteiger partial charge in [-0.1, -0.05) is 6.07 Å². The summed E-state index contributed by atoms with van der Waals surface area (Å²) in [5, 5.41) is 9.33. The third-order valence-electron chi connectivity index (χ3n) is 3.77. The molecule has 1 aliphatic rings. The van der Waals surface area contributed by atoms with Crippen LogP contribution in [0.5, 0.6) is 0 Å². The molecule has 2 heterocycles. The van der Waals surface area contributed by atoms with Crippen molar-refractivity contribution in [2.45, 2.75) is 25.5 Å². The van der Waals surface area contributed by atoms with Crippen molar-refractivity contribution in [3.63, 3.8) is 0 Å². The van der Waals surface area contributed by atoms with Crippen LogP contribution in [0.25, 0.3) is 22.4 Å². The second-order valence-corrected chi connectivity index (χ2v) is 5.26.